The summed E-state index contributed by atoms with van der Waals surface area (Å²) >= 11 is 0. The van der Waals surface area contributed by atoms with Crippen LogP contribution >= 0.6 is 0 Å². The monoisotopic (exact) mass is 271 g/mol. The molecular formula is C17H18FNO. The van der Waals surface area contributed by atoms with Gasteiger partial charge in [0, 0.05) is 18.2 Å². The maximum Gasteiger partial charge on any atom is 0.165 e. The zero-order valence-electron chi connectivity index (χ0n) is 11.3. The summed E-state index contributed by atoms with van der Waals surface area (Å²) in [5, 5.41) is 3.39. The molecule has 20 heavy (non-hydrogen) atoms. The molecule has 0 bridgehead atoms. The van der Waals surface area contributed by atoms with E-state index in [1.165, 1.54) is 18.9 Å². The predicted octanol–water partition coefficient (Wildman–Crippen LogP) is 3.66. The summed E-state index contributed by atoms with van der Waals surface area (Å²) < 4.78 is 19.6. The van der Waals surface area contributed by atoms with Crippen LogP contribution in [-0.4, -0.2) is 6.04 Å². The lowest BCUT2D eigenvalue weighted by Gasteiger charge is -2.13. The first-order valence-corrected chi connectivity index (χ1v) is 7.00. The Balaban J connectivity index is 1.69. The van der Waals surface area contributed by atoms with Crippen molar-refractivity contribution in [2.75, 3.05) is 0 Å². The second kappa shape index (κ2) is 6.06. The van der Waals surface area contributed by atoms with Crippen molar-refractivity contribution in [2.24, 2.45) is 0 Å². The van der Waals surface area contributed by atoms with Crippen molar-refractivity contribution in [3.63, 3.8) is 0 Å². The Morgan fingerprint density at radius 3 is 2.60 bits per heavy atom. The minimum atomic E-state index is -0.295. The molecule has 1 aliphatic rings. The second-order valence-electron chi connectivity index (χ2n) is 5.16. The second-order valence-corrected chi connectivity index (χ2v) is 5.16. The number of para-hydroxylation sites is 1. The molecule has 0 aliphatic heterocycles. The number of halogens is 1. The summed E-state index contributed by atoms with van der Waals surface area (Å²) in [5.74, 6) is 0.0699. The molecule has 2 aromatic rings. The van der Waals surface area contributed by atoms with E-state index in [0.717, 1.165) is 11.1 Å². The minimum Gasteiger partial charge on any atom is -0.485 e. The van der Waals surface area contributed by atoms with Gasteiger partial charge in [-0.15, -0.1) is 0 Å². The molecule has 2 aromatic carbocycles. The van der Waals surface area contributed by atoms with Crippen LogP contribution < -0.4 is 10.1 Å². The lowest BCUT2D eigenvalue weighted by Crippen LogP contribution is -2.16. The standard InChI is InChI=1S/C17H18FNO/c18-16-8-4-7-14(11-19-15-9-10-15)17(16)20-12-13-5-2-1-3-6-13/h1-8,15,19H,9-12H2. The van der Waals surface area contributed by atoms with Crippen molar-refractivity contribution in [3.05, 3.63) is 65.5 Å². The highest BCUT2D eigenvalue weighted by atomic mass is 19.1. The molecule has 0 radical (unpaired) electrons. The highest BCUT2D eigenvalue weighted by Crippen LogP contribution is 2.26. The van der Waals surface area contributed by atoms with Gasteiger partial charge in [0.15, 0.2) is 11.6 Å². The smallest absolute Gasteiger partial charge is 0.165 e. The summed E-state index contributed by atoms with van der Waals surface area (Å²) in [6, 6.07) is 15.5. The maximum absolute atomic E-state index is 13.9. The molecule has 0 spiro atoms. The van der Waals surface area contributed by atoms with E-state index in [4.69, 9.17) is 4.74 Å². The number of rotatable bonds is 6. The summed E-state index contributed by atoms with van der Waals surface area (Å²) in [6.07, 6.45) is 2.44. The number of ether oxygens (including phenoxy) is 1. The van der Waals surface area contributed by atoms with E-state index in [9.17, 15) is 4.39 Å². The average Bonchev–Trinajstić information content (AvgIpc) is 3.29. The molecular weight excluding hydrogens is 253 g/mol. The number of nitrogens with one attached hydrogen (secondary N) is 1. The first kappa shape index (κ1) is 13.1. The van der Waals surface area contributed by atoms with Gasteiger partial charge in [-0.05, 0) is 24.5 Å². The van der Waals surface area contributed by atoms with Gasteiger partial charge in [-0.2, -0.15) is 0 Å². The number of benzene rings is 2. The van der Waals surface area contributed by atoms with E-state index in [-0.39, 0.29) is 5.82 Å². The van der Waals surface area contributed by atoms with Crippen molar-refractivity contribution in [3.8, 4) is 5.75 Å². The van der Waals surface area contributed by atoms with E-state index < -0.39 is 0 Å². The molecule has 3 heteroatoms. The highest BCUT2D eigenvalue weighted by molar-refractivity contribution is 5.35. The Kier molecular flexibility index (Phi) is 3.97. The summed E-state index contributed by atoms with van der Waals surface area (Å²) in [6.45, 7) is 1.05. The fraction of sp³-hybridized carbons (Fsp3) is 0.294. The lowest BCUT2D eigenvalue weighted by atomic mass is 10.2. The van der Waals surface area contributed by atoms with Gasteiger partial charge in [-0.3, -0.25) is 0 Å². The summed E-state index contributed by atoms with van der Waals surface area (Å²) in [4.78, 5) is 0. The highest BCUT2D eigenvalue weighted by Gasteiger charge is 2.21. The number of hydrogen-bond acceptors (Lipinski definition) is 2. The molecule has 1 N–H and O–H groups in total. The van der Waals surface area contributed by atoms with E-state index in [2.05, 4.69) is 5.32 Å². The van der Waals surface area contributed by atoms with Gasteiger partial charge in [0.05, 0.1) is 0 Å². The van der Waals surface area contributed by atoms with E-state index in [0.29, 0.717) is 24.9 Å². The van der Waals surface area contributed by atoms with Crippen LogP contribution in [-0.2, 0) is 13.2 Å². The third-order valence-electron chi connectivity index (χ3n) is 3.43. The third-order valence-corrected chi connectivity index (χ3v) is 3.43. The summed E-state index contributed by atoms with van der Waals surface area (Å²) in [5.41, 5.74) is 1.92. The van der Waals surface area contributed by atoms with Crippen LogP contribution in [0.4, 0.5) is 4.39 Å². The molecule has 1 saturated carbocycles. The van der Waals surface area contributed by atoms with Crippen LogP contribution in [0.25, 0.3) is 0 Å². The predicted molar refractivity (Wildman–Crippen MR) is 77.0 cm³/mol. The van der Waals surface area contributed by atoms with Gasteiger partial charge in [-0.25, -0.2) is 4.39 Å². The third kappa shape index (κ3) is 3.36. The first-order valence-electron chi connectivity index (χ1n) is 7.00. The van der Waals surface area contributed by atoms with Gasteiger partial charge >= 0.3 is 0 Å². The molecule has 3 rings (SSSR count). The van der Waals surface area contributed by atoms with Gasteiger partial charge in [0.25, 0.3) is 0 Å². The Morgan fingerprint density at radius 1 is 1.05 bits per heavy atom. The first-order chi connectivity index (χ1) is 9.83. The summed E-state index contributed by atoms with van der Waals surface area (Å²) in [7, 11) is 0. The molecule has 1 aliphatic carbocycles. The van der Waals surface area contributed by atoms with Crippen molar-refractivity contribution in [1.82, 2.24) is 5.32 Å². The van der Waals surface area contributed by atoms with Gasteiger partial charge in [-0.1, -0.05) is 42.5 Å². The Hall–Kier alpha value is -1.87. The number of hydrogen-bond donors (Lipinski definition) is 1. The molecule has 0 heterocycles. The van der Waals surface area contributed by atoms with Gasteiger partial charge in [0.2, 0.25) is 0 Å². The molecule has 104 valence electrons. The van der Waals surface area contributed by atoms with Crippen LogP contribution in [0.5, 0.6) is 5.75 Å². The molecule has 0 aromatic heterocycles. The molecule has 0 atom stereocenters. The topological polar surface area (TPSA) is 21.3 Å². The molecule has 0 saturated heterocycles. The van der Waals surface area contributed by atoms with E-state index in [1.54, 1.807) is 6.07 Å². The van der Waals surface area contributed by atoms with E-state index in [1.807, 2.05) is 36.4 Å². The minimum absolute atomic E-state index is 0.295. The van der Waals surface area contributed by atoms with Crippen molar-refractivity contribution >= 4 is 0 Å². The molecule has 1 fully saturated rings. The van der Waals surface area contributed by atoms with Crippen molar-refractivity contribution in [1.29, 1.82) is 0 Å². The zero-order chi connectivity index (χ0) is 13.8. The molecule has 0 unspecified atom stereocenters. The fourth-order valence-corrected chi connectivity index (χ4v) is 2.13. The van der Waals surface area contributed by atoms with Crippen molar-refractivity contribution in [2.45, 2.75) is 32.0 Å². The Bertz CT molecular complexity index is 566. The largest absolute Gasteiger partial charge is 0.485 e. The fourth-order valence-electron chi connectivity index (χ4n) is 2.13. The SMILES string of the molecule is Fc1cccc(CNC2CC2)c1OCc1ccccc1. The van der Waals surface area contributed by atoms with Gasteiger partial charge in [0.1, 0.15) is 6.61 Å². The molecule has 0 amide bonds. The Labute approximate surface area is 118 Å². The normalized spacial score (nSPS) is 14.2. The zero-order valence-corrected chi connectivity index (χ0v) is 11.3. The Morgan fingerprint density at radius 2 is 1.85 bits per heavy atom. The van der Waals surface area contributed by atoms with E-state index >= 15 is 0 Å². The molecule has 2 nitrogen and oxygen atoms in total. The van der Waals surface area contributed by atoms with Crippen LogP contribution in [0.3, 0.4) is 0 Å². The lowest BCUT2D eigenvalue weighted by molar-refractivity contribution is 0.286. The van der Waals surface area contributed by atoms with Crippen LogP contribution in [0.1, 0.15) is 24.0 Å². The van der Waals surface area contributed by atoms with Crippen LogP contribution in [0, 0.1) is 5.82 Å². The quantitative estimate of drug-likeness (QED) is 0.865. The van der Waals surface area contributed by atoms with Gasteiger partial charge < -0.3 is 10.1 Å². The van der Waals surface area contributed by atoms with Crippen LogP contribution in [0.2, 0.25) is 0 Å². The maximum atomic E-state index is 13.9. The average molecular weight is 271 g/mol. The van der Waals surface area contributed by atoms with Crippen molar-refractivity contribution < 1.29 is 9.13 Å². The van der Waals surface area contributed by atoms with Crippen LogP contribution in [0.15, 0.2) is 48.5 Å².